The van der Waals surface area contributed by atoms with Gasteiger partial charge in [-0.3, -0.25) is 14.6 Å². The lowest BCUT2D eigenvalue weighted by atomic mass is 9.95. The van der Waals surface area contributed by atoms with Crippen LogP contribution >= 0.6 is 0 Å². The average molecular weight is 423 g/mol. The smallest absolute Gasteiger partial charge is 0.273 e. The summed E-state index contributed by atoms with van der Waals surface area (Å²) in [6, 6.07) is 0.269. The van der Waals surface area contributed by atoms with Gasteiger partial charge in [0.25, 0.3) is 5.91 Å². The molecule has 0 radical (unpaired) electrons. The summed E-state index contributed by atoms with van der Waals surface area (Å²) >= 11 is 0. The third-order valence-corrected chi connectivity index (χ3v) is 5.78. The number of nitrogens with zero attached hydrogens (tertiary/aromatic N) is 3. The van der Waals surface area contributed by atoms with Crippen LogP contribution in [0.4, 0.5) is 0 Å². The van der Waals surface area contributed by atoms with Crippen LogP contribution in [0.25, 0.3) is 0 Å². The number of ether oxygens (including phenoxy) is 1. The highest BCUT2D eigenvalue weighted by Gasteiger charge is 2.22. The lowest BCUT2D eigenvalue weighted by molar-refractivity contribution is -0.000850. The average Bonchev–Trinajstić information content (AvgIpc) is 3.19. The van der Waals surface area contributed by atoms with Crippen molar-refractivity contribution in [3.05, 3.63) is 17.8 Å². The number of carbonyl (C=O) groups excluding carboxylic acids is 1. The van der Waals surface area contributed by atoms with E-state index in [1.54, 1.807) is 0 Å². The van der Waals surface area contributed by atoms with Crippen molar-refractivity contribution in [2.75, 3.05) is 45.9 Å². The summed E-state index contributed by atoms with van der Waals surface area (Å²) in [5, 5.41) is 13.2. The number of rotatable bonds is 10. The minimum atomic E-state index is -0.452. The first-order chi connectivity index (χ1) is 14.5. The monoisotopic (exact) mass is 422 g/mol. The molecule has 1 saturated heterocycles. The number of aliphatic hydroxyl groups excluding tert-OH is 1. The predicted octanol–water partition coefficient (Wildman–Crippen LogP) is 1.89. The summed E-state index contributed by atoms with van der Waals surface area (Å²) in [6.07, 6.45) is 6.76. The Labute approximate surface area is 180 Å². The summed E-state index contributed by atoms with van der Waals surface area (Å²) in [4.78, 5) is 21.3. The standard InChI is InChI=1S/C22H38N4O4/c1-17(2)14-29-15-19(27)12-25-8-10-26(11-9-25)13-21-24-20(16-30-21)22(28)23-18-6-4-3-5-7-18/h16-19,27H,3-15H2,1-2H3,(H,23,28). The van der Waals surface area contributed by atoms with Gasteiger partial charge in [0.2, 0.25) is 5.89 Å². The van der Waals surface area contributed by atoms with Gasteiger partial charge >= 0.3 is 0 Å². The summed E-state index contributed by atoms with van der Waals surface area (Å²) in [5.41, 5.74) is 0.374. The first-order valence-electron chi connectivity index (χ1n) is 11.5. The van der Waals surface area contributed by atoms with Crippen LogP contribution in [0.15, 0.2) is 10.7 Å². The zero-order valence-electron chi connectivity index (χ0n) is 18.5. The number of amides is 1. The third-order valence-electron chi connectivity index (χ3n) is 5.78. The van der Waals surface area contributed by atoms with Gasteiger partial charge in [-0.1, -0.05) is 33.1 Å². The van der Waals surface area contributed by atoms with Crippen LogP contribution in [-0.2, 0) is 11.3 Å². The lowest BCUT2D eigenvalue weighted by Crippen LogP contribution is -2.48. The SMILES string of the molecule is CC(C)COCC(O)CN1CCN(Cc2nc(C(=O)NC3CCCCC3)co2)CC1. The van der Waals surface area contributed by atoms with E-state index in [-0.39, 0.29) is 11.9 Å². The zero-order valence-corrected chi connectivity index (χ0v) is 18.5. The van der Waals surface area contributed by atoms with Crippen molar-refractivity contribution in [2.45, 2.75) is 64.6 Å². The van der Waals surface area contributed by atoms with Gasteiger partial charge in [-0.05, 0) is 18.8 Å². The minimum absolute atomic E-state index is 0.129. The summed E-state index contributed by atoms with van der Waals surface area (Å²) < 4.78 is 11.1. The van der Waals surface area contributed by atoms with E-state index < -0.39 is 6.10 Å². The van der Waals surface area contributed by atoms with E-state index in [0.29, 0.717) is 43.8 Å². The summed E-state index contributed by atoms with van der Waals surface area (Å²) in [5.74, 6) is 0.935. The van der Waals surface area contributed by atoms with E-state index >= 15 is 0 Å². The van der Waals surface area contributed by atoms with Crippen LogP contribution < -0.4 is 5.32 Å². The number of β-amino-alcohol motifs (C(OH)–C–C–N with tert-alkyl or cyclic N) is 1. The lowest BCUT2D eigenvalue weighted by Gasteiger charge is -2.34. The molecule has 1 atom stereocenters. The van der Waals surface area contributed by atoms with Crippen molar-refractivity contribution in [1.82, 2.24) is 20.1 Å². The molecule has 170 valence electrons. The quantitative estimate of drug-likeness (QED) is 0.595. The number of aliphatic hydroxyl groups is 1. The Morgan fingerprint density at radius 2 is 1.90 bits per heavy atom. The van der Waals surface area contributed by atoms with Gasteiger partial charge in [0.05, 0.1) is 19.3 Å². The molecule has 1 amide bonds. The van der Waals surface area contributed by atoms with Gasteiger partial charge in [-0.2, -0.15) is 0 Å². The molecular formula is C22H38N4O4. The van der Waals surface area contributed by atoms with Crippen LogP contribution in [0.5, 0.6) is 0 Å². The number of carbonyl (C=O) groups is 1. The van der Waals surface area contributed by atoms with E-state index in [1.807, 2.05) is 0 Å². The number of oxazole rings is 1. The van der Waals surface area contributed by atoms with E-state index in [0.717, 1.165) is 39.0 Å². The second-order valence-electron chi connectivity index (χ2n) is 9.10. The van der Waals surface area contributed by atoms with E-state index in [1.165, 1.54) is 25.5 Å². The van der Waals surface area contributed by atoms with Crippen molar-refractivity contribution in [1.29, 1.82) is 0 Å². The molecule has 3 rings (SSSR count). The van der Waals surface area contributed by atoms with E-state index in [4.69, 9.17) is 9.15 Å². The van der Waals surface area contributed by atoms with Gasteiger partial charge in [0.1, 0.15) is 6.26 Å². The molecule has 1 aromatic heterocycles. The molecule has 2 heterocycles. The van der Waals surface area contributed by atoms with Crippen LogP contribution in [0.1, 0.15) is 62.3 Å². The number of nitrogens with one attached hydrogen (secondary N) is 1. The maximum absolute atomic E-state index is 12.4. The van der Waals surface area contributed by atoms with Crippen LogP contribution in [0.2, 0.25) is 0 Å². The van der Waals surface area contributed by atoms with Crippen LogP contribution in [-0.4, -0.2) is 83.9 Å². The normalized spacial score (nSPS) is 20.5. The molecule has 8 nitrogen and oxygen atoms in total. The van der Waals surface area contributed by atoms with Crippen LogP contribution in [0, 0.1) is 5.92 Å². The molecule has 1 aliphatic carbocycles. The maximum Gasteiger partial charge on any atom is 0.273 e. The molecule has 2 N–H and O–H groups in total. The molecule has 1 aliphatic heterocycles. The summed E-state index contributed by atoms with van der Waals surface area (Å²) in [7, 11) is 0. The highest BCUT2D eigenvalue weighted by molar-refractivity contribution is 5.92. The van der Waals surface area contributed by atoms with Gasteiger partial charge in [0, 0.05) is 45.4 Å². The number of piperazine rings is 1. The van der Waals surface area contributed by atoms with Crippen molar-refractivity contribution in [3.63, 3.8) is 0 Å². The molecule has 1 saturated carbocycles. The molecule has 0 bridgehead atoms. The first kappa shape index (κ1) is 23.2. The van der Waals surface area contributed by atoms with Gasteiger partial charge in [0.15, 0.2) is 5.69 Å². The fourth-order valence-corrected chi connectivity index (χ4v) is 4.11. The predicted molar refractivity (Wildman–Crippen MR) is 114 cm³/mol. The molecule has 0 aromatic carbocycles. The molecule has 0 spiro atoms. The second kappa shape index (κ2) is 11.8. The Kier molecular flexibility index (Phi) is 9.11. The highest BCUT2D eigenvalue weighted by atomic mass is 16.5. The van der Waals surface area contributed by atoms with Crippen molar-refractivity contribution < 1.29 is 19.1 Å². The molecule has 2 aliphatic rings. The fourth-order valence-electron chi connectivity index (χ4n) is 4.11. The largest absolute Gasteiger partial charge is 0.447 e. The Hall–Kier alpha value is -1.48. The van der Waals surface area contributed by atoms with E-state index in [9.17, 15) is 9.90 Å². The minimum Gasteiger partial charge on any atom is -0.447 e. The topological polar surface area (TPSA) is 91.1 Å². The zero-order chi connectivity index (χ0) is 21.3. The second-order valence-corrected chi connectivity index (χ2v) is 9.10. The Bertz CT molecular complexity index is 637. The third kappa shape index (κ3) is 7.65. The Morgan fingerprint density at radius 1 is 1.20 bits per heavy atom. The Morgan fingerprint density at radius 3 is 2.60 bits per heavy atom. The first-order valence-corrected chi connectivity index (χ1v) is 11.5. The highest BCUT2D eigenvalue weighted by Crippen LogP contribution is 2.18. The molecule has 8 heteroatoms. The van der Waals surface area contributed by atoms with E-state index in [2.05, 4.69) is 33.9 Å². The maximum atomic E-state index is 12.4. The van der Waals surface area contributed by atoms with Gasteiger partial charge < -0.3 is 19.6 Å². The number of hydrogen-bond acceptors (Lipinski definition) is 7. The van der Waals surface area contributed by atoms with Crippen molar-refractivity contribution in [3.8, 4) is 0 Å². The molecule has 1 unspecified atom stereocenters. The number of aromatic nitrogens is 1. The van der Waals surface area contributed by atoms with Crippen molar-refractivity contribution in [2.24, 2.45) is 5.92 Å². The fraction of sp³-hybridized carbons (Fsp3) is 0.818. The summed E-state index contributed by atoms with van der Waals surface area (Å²) in [6.45, 7) is 10.0. The van der Waals surface area contributed by atoms with Crippen molar-refractivity contribution >= 4 is 5.91 Å². The molecule has 2 fully saturated rings. The Balaban J connectivity index is 1.35. The molecule has 30 heavy (non-hydrogen) atoms. The number of hydrogen-bond donors (Lipinski definition) is 2. The van der Waals surface area contributed by atoms with Gasteiger partial charge in [-0.25, -0.2) is 4.98 Å². The molecule has 1 aromatic rings. The van der Waals surface area contributed by atoms with Crippen LogP contribution in [0.3, 0.4) is 0 Å². The van der Waals surface area contributed by atoms with Gasteiger partial charge in [-0.15, -0.1) is 0 Å². The molecular weight excluding hydrogens is 384 g/mol.